The molecule has 0 amide bonds. The number of hydrogen-bond acceptors (Lipinski definition) is 8. The number of esters is 1. The lowest BCUT2D eigenvalue weighted by atomic mass is 9.96. The third-order valence-corrected chi connectivity index (χ3v) is 6.90. The number of furan rings is 1. The lowest BCUT2D eigenvalue weighted by Gasteiger charge is -2.24. The maximum absolute atomic E-state index is 13.6. The molecule has 186 valence electrons. The van der Waals surface area contributed by atoms with Gasteiger partial charge in [0.15, 0.2) is 4.80 Å². The van der Waals surface area contributed by atoms with E-state index >= 15 is 0 Å². The molecule has 8 nitrogen and oxygen atoms in total. The van der Waals surface area contributed by atoms with E-state index in [9.17, 15) is 19.5 Å². The second-order valence-corrected chi connectivity index (χ2v) is 9.29. The van der Waals surface area contributed by atoms with Crippen molar-refractivity contribution in [3.05, 3.63) is 115 Å². The molecular weight excluding hydrogens is 492 g/mol. The van der Waals surface area contributed by atoms with Crippen LogP contribution in [-0.4, -0.2) is 23.1 Å². The van der Waals surface area contributed by atoms with Crippen LogP contribution in [0.25, 0.3) is 17.4 Å². The van der Waals surface area contributed by atoms with Crippen LogP contribution in [0.4, 0.5) is 0 Å². The highest BCUT2D eigenvalue weighted by Crippen LogP contribution is 2.30. The Bertz CT molecular complexity index is 1730. The summed E-state index contributed by atoms with van der Waals surface area (Å²) >= 11 is 1.19. The molecule has 0 unspecified atom stereocenters. The van der Waals surface area contributed by atoms with E-state index in [1.807, 2.05) is 30.3 Å². The van der Waals surface area contributed by atoms with Crippen LogP contribution in [0.3, 0.4) is 0 Å². The van der Waals surface area contributed by atoms with Crippen molar-refractivity contribution >= 4 is 29.4 Å². The zero-order valence-electron chi connectivity index (χ0n) is 20.0. The van der Waals surface area contributed by atoms with E-state index in [-0.39, 0.29) is 17.7 Å². The number of nitrogens with zero attached hydrogens (tertiary/aromatic N) is 2. The van der Waals surface area contributed by atoms with Crippen LogP contribution in [0, 0.1) is 0 Å². The number of carbonyl (C=O) groups is 2. The van der Waals surface area contributed by atoms with Crippen molar-refractivity contribution in [2.45, 2.75) is 19.9 Å². The van der Waals surface area contributed by atoms with Crippen LogP contribution in [0.5, 0.6) is 0 Å². The van der Waals surface area contributed by atoms with Crippen LogP contribution in [0.2, 0.25) is 0 Å². The van der Waals surface area contributed by atoms with Crippen molar-refractivity contribution in [2.75, 3.05) is 6.61 Å². The topological polar surface area (TPSA) is 114 Å². The maximum Gasteiger partial charge on any atom is 0.338 e. The molecule has 2 aromatic heterocycles. The molecule has 3 heterocycles. The maximum atomic E-state index is 13.6. The number of aromatic carboxylic acids is 1. The Morgan fingerprint density at radius 2 is 1.92 bits per heavy atom. The number of rotatable bonds is 6. The number of hydrogen-bond donors (Lipinski definition) is 0. The first-order valence-corrected chi connectivity index (χ1v) is 12.3. The summed E-state index contributed by atoms with van der Waals surface area (Å²) in [6.07, 6.45) is 1.61. The van der Waals surface area contributed by atoms with Gasteiger partial charge in [0.25, 0.3) is 5.56 Å². The van der Waals surface area contributed by atoms with Crippen LogP contribution < -0.4 is 20.0 Å². The number of carboxylic acids is 1. The van der Waals surface area contributed by atoms with Crippen LogP contribution in [0.1, 0.15) is 41.6 Å². The lowest BCUT2D eigenvalue weighted by Crippen LogP contribution is -2.39. The van der Waals surface area contributed by atoms with Crippen molar-refractivity contribution in [2.24, 2.45) is 4.99 Å². The molecule has 0 spiro atoms. The molecule has 2 aromatic carbocycles. The molecule has 0 bridgehead atoms. The standard InChI is InChI=1S/C28H22N2O6S/c1-3-35-27(34)23-16(2)29-28-30(24(23)17-8-5-4-6-9-17)25(31)22(37-28)15-20-12-13-21(36-20)18-10-7-11-19(14-18)26(32)33/h4-15,24H,3H2,1-2H3,(H,32,33)/p-1/b22-15-/t24-/m1/s1. The Kier molecular flexibility index (Phi) is 6.45. The van der Waals surface area contributed by atoms with E-state index in [0.29, 0.717) is 37.7 Å². The van der Waals surface area contributed by atoms with Gasteiger partial charge in [-0.3, -0.25) is 9.36 Å². The number of carbonyl (C=O) groups excluding carboxylic acids is 2. The van der Waals surface area contributed by atoms with Gasteiger partial charge in [0.1, 0.15) is 11.5 Å². The van der Waals surface area contributed by atoms with E-state index < -0.39 is 18.0 Å². The molecule has 1 aliphatic heterocycles. The van der Waals surface area contributed by atoms with Crippen LogP contribution in [0.15, 0.2) is 92.2 Å². The molecule has 0 N–H and O–H groups in total. The molecule has 37 heavy (non-hydrogen) atoms. The fraction of sp³-hybridized carbons (Fsp3) is 0.143. The number of carboxylic acid groups (broad SMARTS) is 1. The van der Waals surface area contributed by atoms with Gasteiger partial charge in [0.05, 0.1) is 34.4 Å². The summed E-state index contributed by atoms with van der Waals surface area (Å²) in [5.74, 6) is -0.928. The molecule has 0 aliphatic carbocycles. The summed E-state index contributed by atoms with van der Waals surface area (Å²) in [5.41, 5.74) is 1.87. The van der Waals surface area contributed by atoms with Crippen LogP contribution in [-0.2, 0) is 9.53 Å². The summed E-state index contributed by atoms with van der Waals surface area (Å²) in [5, 5.41) is 11.2. The first kappa shape index (κ1) is 24.2. The van der Waals surface area contributed by atoms with Crippen LogP contribution >= 0.6 is 11.3 Å². The second kappa shape index (κ2) is 9.87. The SMILES string of the molecule is CCOC(=O)C1=C(C)N=c2s/c(=C\c3ccc(-c4cccc(C(=O)[O-])c4)o3)c(=O)n2[C@@H]1c1ccccc1. The average Bonchev–Trinajstić information content (AvgIpc) is 3.48. The molecule has 4 aromatic rings. The second-order valence-electron chi connectivity index (χ2n) is 8.28. The molecule has 5 rings (SSSR count). The van der Waals surface area contributed by atoms with E-state index in [1.54, 1.807) is 44.2 Å². The van der Waals surface area contributed by atoms with Gasteiger partial charge in [-0.1, -0.05) is 59.9 Å². The first-order chi connectivity index (χ1) is 17.9. The van der Waals surface area contributed by atoms with Gasteiger partial charge < -0.3 is 19.1 Å². The molecule has 0 fully saturated rings. The third kappa shape index (κ3) is 4.56. The normalized spacial score (nSPS) is 15.3. The van der Waals surface area contributed by atoms with Crippen molar-refractivity contribution in [3.63, 3.8) is 0 Å². The summed E-state index contributed by atoms with van der Waals surface area (Å²) in [7, 11) is 0. The molecule has 1 aliphatic rings. The highest BCUT2D eigenvalue weighted by Gasteiger charge is 2.33. The minimum Gasteiger partial charge on any atom is -0.545 e. The predicted molar refractivity (Wildman–Crippen MR) is 135 cm³/mol. The smallest absolute Gasteiger partial charge is 0.338 e. The minimum absolute atomic E-state index is 0.0393. The number of benzene rings is 2. The van der Waals surface area contributed by atoms with Gasteiger partial charge >= 0.3 is 5.97 Å². The fourth-order valence-electron chi connectivity index (χ4n) is 4.26. The minimum atomic E-state index is -1.28. The monoisotopic (exact) mass is 513 g/mol. The number of aromatic nitrogens is 1. The Balaban J connectivity index is 1.61. The van der Waals surface area contributed by atoms with Gasteiger partial charge in [-0.15, -0.1) is 0 Å². The van der Waals surface area contributed by atoms with Gasteiger partial charge in [-0.25, -0.2) is 9.79 Å². The highest BCUT2D eigenvalue weighted by molar-refractivity contribution is 7.07. The van der Waals surface area contributed by atoms with E-state index in [2.05, 4.69) is 4.99 Å². The Hall–Kier alpha value is -4.50. The molecular formula is C28H21N2O6S-. The Morgan fingerprint density at radius 3 is 2.65 bits per heavy atom. The van der Waals surface area contributed by atoms with Gasteiger partial charge in [0.2, 0.25) is 0 Å². The fourth-order valence-corrected chi connectivity index (χ4v) is 5.28. The van der Waals surface area contributed by atoms with E-state index in [1.165, 1.54) is 28.0 Å². The predicted octanol–water partition coefficient (Wildman–Crippen LogP) is 2.42. The van der Waals surface area contributed by atoms with Crippen molar-refractivity contribution in [3.8, 4) is 11.3 Å². The Morgan fingerprint density at radius 1 is 1.14 bits per heavy atom. The average molecular weight is 514 g/mol. The quantitative estimate of drug-likeness (QED) is 0.366. The molecule has 9 heteroatoms. The van der Waals surface area contributed by atoms with Gasteiger partial charge in [-0.2, -0.15) is 0 Å². The van der Waals surface area contributed by atoms with Gasteiger partial charge in [0, 0.05) is 11.6 Å². The molecule has 0 saturated heterocycles. The van der Waals surface area contributed by atoms with Crippen molar-refractivity contribution in [1.82, 2.24) is 4.57 Å². The third-order valence-electron chi connectivity index (χ3n) is 5.92. The molecule has 0 radical (unpaired) electrons. The number of thiazole rings is 1. The zero-order valence-corrected chi connectivity index (χ0v) is 20.8. The zero-order chi connectivity index (χ0) is 26.1. The largest absolute Gasteiger partial charge is 0.545 e. The summed E-state index contributed by atoms with van der Waals surface area (Å²) < 4.78 is 13.1. The molecule has 0 saturated carbocycles. The summed E-state index contributed by atoms with van der Waals surface area (Å²) in [4.78, 5) is 42.7. The number of allylic oxidation sites excluding steroid dienone is 1. The lowest BCUT2D eigenvalue weighted by molar-refractivity contribution is -0.255. The van der Waals surface area contributed by atoms with E-state index in [4.69, 9.17) is 9.15 Å². The van der Waals surface area contributed by atoms with Crippen molar-refractivity contribution < 1.29 is 23.8 Å². The summed E-state index contributed by atoms with van der Waals surface area (Å²) in [6.45, 7) is 3.67. The number of ether oxygens (including phenoxy) is 1. The van der Waals surface area contributed by atoms with Crippen molar-refractivity contribution in [1.29, 1.82) is 0 Å². The first-order valence-electron chi connectivity index (χ1n) is 11.5. The Labute approximate surface area is 215 Å². The van der Waals surface area contributed by atoms with E-state index in [0.717, 1.165) is 5.56 Å². The highest BCUT2D eigenvalue weighted by atomic mass is 32.1. The number of fused-ring (bicyclic) bond motifs is 1. The molecule has 1 atom stereocenters. The van der Waals surface area contributed by atoms with Gasteiger partial charge in [-0.05, 0) is 43.2 Å². The summed E-state index contributed by atoms with van der Waals surface area (Å²) in [6, 6.07) is 18.2.